The number of carboxylic acid groups (broad SMARTS) is 1. The zero-order valence-corrected chi connectivity index (χ0v) is 9.41. The van der Waals surface area contributed by atoms with E-state index in [1.807, 2.05) is 0 Å². The van der Waals surface area contributed by atoms with Gasteiger partial charge in [-0.25, -0.2) is 9.18 Å². The van der Waals surface area contributed by atoms with Gasteiger partial charge in [-0.2, -0.15) is 0 Å². The normalized spacial score (nSPS) is 10.2. The molecule has 0 aliphatic heterocycles. The lowest BCUT2D eigenvalue weighted by Crippen LogP contribution is -1.96. The topological polar surface area (TPSA) is 37.3 Å². The number of benzene rings is 2. The number of aromatic carboxylic acids is 1. The lowest BCUT2D eigenvalue weighted by Gasteiger charge is -2.06. The third kappa shape index (κ3) is 2.45. The van der Waals surface area contributed by atoms with Crippen molar-refractivity contribution in [1.82, 2.24) is 0 Å². The van der Waals surface area contributed by atoms with Crippen molar-refractivity contribution in [3.63, 3.8) is 0 Å². The van der Waals surface area contributed by atoms with Gasteiger partial charge in [-0.1, -0.05) is 23.7 Å². The molecule has 0 bridgehead atoms. The maximum Gasteiger partial charge on any atom is 0.335 e. The molecule has 0 saturated heterocycles. The summed E-state index contributed by atoms with van der Waals surface area (Å²) in [6.45, 7) is 0. The molecule has 0 aliphatic carbocycles. The fourth-order valence-corrected chi connectivity index (χ4v) is 1.76. The Morgan fingerprint density at radius 1 is 1.18 bits per heavy atom. The number of carboxylic acids is 1. The second kappa shape index (κ2) is 4.55. The summed E-state index contributed by atoms with van der Waals surface area (Å²) in [7, 11) is 0. The Kier molecular flexibility index (Phi) is 3.11. The van der Waals surface area contributed by atoms with E-state index in [1.54, 1.807) is 12.1 Å². The molecule has 2 aromatic rings. The summed E-state index contributed by atoms with van der Waals surface area (Å²) in [5, 5.41) is 9.27. The van der Waals surface area contributed by atoms with Crippen LogP contribution in [0.3, 0.4) is 0 Å². The summed E-state index contributed by atoms with van der Waals surface area (Å²) >= 11 is 5.97. The van der Waals surface area contributed by atoms with Crippen molar-refractivity contribution < 1.29 is 14.3 Å². The second-order valence-corrected chi connectivity index (χ2v) is 3.92. The Labute approximate surface area is 102 Å². The molecule has 4 heteroatoms. The predicted octanol–water partition coefficient (Wildman–Crippen LogP) is 3.84. The van der Waals surface area contributed by atoms with Crippen molar-refractivity contribution in [3.8, 4) is 11.1 Å². The second-order valence-electron chi connectivity index (χ2n) is 3.51. The fourth-order valence-electron chi connectivity index (χ4n) is 1.54. The maximum absolute atomic E-state index is 13.1. The van der Waals surface area contributed by atoms with E-state index in [4.69, 9.17) is 16.7 Å². The van der Waals surface area contributed by atoms with Crippen LogP contribution in [0, 0.1) is 5.82 Å². The first kappa shape index (κ1) is 11.6. The highest BCUT2D eigenvalue weighted by molar-refractivity contribution is 6.33. The van der Waals surface area contributed by atoms with Gasteiger partial charge in [-0.05, 0) is 35.9 Å². The summed E-state index contributed by atoms with van der Waals surface area (Å²) in [6.07, 6.45) is 0. The zero-order valence-electron chi connectivity index (χ0n) is 8.65. The van der Waals surface area contributed by atoms with Crippen LogP contribution >= 0.6 is 11.6 Å². The van der Waals surface area contributed by atoms with Crippen LogP contribution in [0.2, 0.25) is 5.02 Å². The zero-order chi connectivity index (χ0) is 12.4. The molecular formula is C13H8ClFO2. The summed E-state index contributed by atoms with van der Waals surface area (Å²) in [6, 6.07) is 10.2. The van der Waals surface area contributed by atoms with Crippen LogP contribution in [-0.4, -0.2) is 11.1 Å². The van der Waals surface area contributed by atoms with E-state index in [1.165, 1.54) is 30.3 Å². The van der Waals surface area contributed by atoms with Gasteiger partial charge in [0.2, 0.25) is 0 Å². The quantitative estimate of drug-likeness (QED) is 0.879. The first-order chi connectivity index (χ1) is 8.08. The third-order valence-corrected chi connectivity index (χ3v) is 2.68. The van der Waals surface area contributed by atoms with Crippen molar-refractivity contribution in [1.29, 1.82) is 0 Å². The standard InChI is InChI=1S/C13H8ClFO2/c14-12-5-4-9(13(16)17)7-11(12)8-2-1-3-10(15)6-8/h1-7H,(H,16,17). The van der Waals surface area contributed by atoms with Crippen LogP contribution in [0.5, 0.6) is 0 Å². The van der Waals surface area contributed by atoms with E-state index in [9.17, 15) is 9.18 Å². The van der Waals surface area contributed by atoms with Crippen LogP contribution in [0.4, 0.5) is 4.39 Å². The predicted molar refractivity (Wildman–Crippen MR) is 63.8 cm³/mol. The molecule has 0 saturated carbocycles. The molecule has 2 nitrogen and oxygen atoms in total. The van der Waals surface area contributed by atoms with Crippen LogP contribution < -0.4 is 0 Å². The average molecular weight is 251 g/mol. The lowest BCUT2D eigenvalue weighted by molar-refractivity contribution is 0.0697. The maximum atomic E-state index is 13.1. The van der Waals surface area contributed by atoms with Gasteiger partial charge in [0.15, 0.2) is 0 Å². The van der Waals surface area contributed by atoms with Crippen LogP contribution in [0.25, 0.3) is 11.1 Å². The summed E-state index contributed by atoms with van der Waals surface area (Å²) in [4.78, 5) is 10.8. The Morgan fingerprint density at radius 2 is 1.94 bits per heavy atom. The number of hydrogen-bond acceptors (Lipinski definition) is 1. The van der Waals surface area contributed by atoms with E-state index in [2.05, 4.69) is 0 Å². The highest BCUT2D eigenvalue weighted by Gasteiger charge is 2.09. The Hall–Kier alpha value is -1.87. The number of hydrogen-bond donors (Lipinski definition) is 1. The summed E-state index contributed by atoms with van der Waals surface area (Å²) < 4.78 is 13.1. The van der Waals surface area contributed by atoms with E-state index in [-0.39, 0.29) is 11.4 Å². The largest absolute Gasteiger partial charge is 0.478 e. The molecule has 17 heavy (non-hydrogen) atoms. The van der Waals surface area contributed by atoms with Crippen molar-refractivity contribution in [2.75, 3.05) is 0 Å². The SMILES string of the molecule is O=C(O)c1ccc(Cl)c(-c2cccc(F)c2)c1. The molecule has 0 radical (unpaired) electrons. The molecule has 86 valence electrons. The minimum atomic E-state index is -1.04. The van der Waals surface area contributed by atoms with Crippen LogP contribution in [0.1, 0.15) is 10.4 Å². The molecule has 0 spiro atoms. The highest BCUT2D eigenvalue weighted by atomic mass is 35.5. The minimum absolute atomic E-state index is 0.119. The molecular weight excluding hydrogens is 243 g/mol. The van der Waals surface area contributed by atoms with Gasteiger partial charge < -0.3 is 5.11 Å². The van der Waals surface area contributed by atoms with Crippen molar-refractivity contribution >= 4 is 17.6 Å². The molecule has 1 N–H and O–H groups in total. The lowest BCUT2D eigenvalue weighted by atomic mass is 10.0. The number of halogens is 2. The Balaban J connectivity index is 2.58. The molecule has 0 heterocycles. The molecule has 0 unspecified atom stereocenters. The van der Waals surface area contributed by atoms with Gasteiger partial charge in [0.1, 0.15) is 5.82 Å². The molecule has 2 rings (SSSR count). The fraction of sp³-hybridized carbons (Fsp3) is 0. The van der Waals surface area contributed by atoms with E-state index in [0.717, 1.165) is 0 Å². The minimum Gasteiger partial charge on any atom is -0.478 e. The first-order valence-electron chi connectivity index (χ1n) is 4.87. The highest BCUT2D eigenvalue weighted by Crippen LogP contribution is 2.29. The molecule has 0 aromatic heterocycles. The molecule has 0 aliphatic rings. The average Bonchev–Trinajstić information content (AvgIpc) is 2.29. The first-order valence-corrected chi connectivity index (χ1v) is 5.24. The van der Waals surface area contributed by atoms with Gasteiger partial charge in [-0.3, -0.25) is 0 Å². The molecule has 0 amide bonds. The molecule has 0 atom stereocenters. The van der Waals surface area contributed by atoms with Gasteiger partial charge in [0.25, 0.3) is 0 Å². The van der Waals surface area contributed by atoms with Crippen molar-refractivity contribution in [3.05, 3.63) is 58.9 Å². The van der Waals surface area contributed by atoms with Gasteiger partial charge >= 0.3 is 5.97 Å². The molecule has 0 fully saturated rings. The van der Waals surface area contributed by atoms with Gasteiger partial charge in [-0.15, -0.1) is 0 Å². The van der Waals surface area contributed by atoms with Gasteiger partial charge in [0.05, 0.1) is 5.56 Å². The summed E-state index contributed by atoms with van der Waals surface area (Å²) in [5.41, 5.74) is 1.18. The number of carbonyl (C=O) groups is 1. The Morgan fingerprint density at radius 3 is 2.59 bits per heavy atom. The number of rotatable bonds is 2. The van der Waals surface area contributed by atoms with Gasteiger partial charge in [0, 0.05) is 10.6 Å². The van der Waals surface area contributed by atoms with E-state index < -0.39 is 5.97 Å². The summed E-state index contributed by atoms with van der Waals surface area (Å²) in [5.74, 6) is -1.43. The van der Waals surface area contributed by atoms with Crippen molar-refractivity contribution in [2.45, 2.75) is 0 Å². The van der Waals surface area contributed by atoms with Crippen LogP contribution in [0.15, 0.2) is 42.5 Å². The smallest absolute Gasteiger partial charge is 0.335 e. The van der Waals surface area contributed by atoms with Crippen LogP contribution in [-0.2, 0) is 0 Å². The molecule has 2 aromatic carbocycles. The van der Waals surface area contributed by atoms with E-state index in [0.29, 0.717) is 16.1 Å². The van der Waals surface area contributed by atoms with E-state index >= 15 is 0 Å². The monoisotopic (exact) mass is 250 g/mol. The third-order valence-electron chi connectivity index (χ3n) is 2.35. The Bertz CT molecular complexity index is 581. The van der Waals surface area contributed by atoms with Crippen molar-refractivity contribution in [2.24, 2.45) is 0 Å².